The van der Waals surface area contributed by atoms with Crippen molar-refractivity contribution in [2.24, 2.45) is 5.73 Å². The number of benzene rings is 1. The van der Waals surface area contributed by atoms with Crippen LogP contribution in [0.25, 0.3) is 0 Å². The van der Waals surface area contributed by atoms with Crippen molar-refractivity contribution in [2.75, 3.05) is 0 Å². The molecule has 0 fully saturated rings. The Balaban J connectivity index is 0.00000144. The van der Waals surface area contributed by atoms with Gasteiger partial charge in [0.25, 0.3) is 0 Å². The van der Waals surface area contributed by atoms with Crippen molar-refractivity contribution in [2.45, 2.75) is 6.04 Å². The number of carbonyl (C=O) groups is 1. The standard InChI is InChI=1S/C8H8ClNO2.ClH/c9-6-4-2-1-3-5(6)7(10)8(11)12;/h1-4,7H,10H2,(H,11,12);1H/t7-;/m1./s1. The van der Waals surface area contributed by atoms with Gasteiger partial charge in [0.05, 0.1) is 0 Å². The molecule has 3 nitrogen and oxygen atoms in total. The van der Waals surface area contributed by atoms with E-state index in [9.17, 15) is 4.79 Å². The van der Waals surface area contributed by atoms with Gasteiger partial charge in [0.1, 0.15) is 6.04 Å². The van der Waals surface area contributed by atoms with E-state index in [0.717, 1.165) is 0 Å². The van der Waals surface area contributed by atoms with Crippen LogP contribution in [0, 0.1) is 0 Å². The van der Waals surface area contributed by atoms with Crippen molar-refractivity contribution in [1.82, 2.24) is 0 Å². The first-order chi connectivity index (χ1) is 5.63. The summed E-state index contributed by atoms with van der Waals surface area (Å²) in [5.41, 5.74) is 5.79. The highest BCUT2D eigenvalue weighted by atomic mass is 35.5. The second kappa shape index (κ2) is 5.07. The van der Waals surface area contributed by atoms with E-state index in [-0.39, 0.29) is 12.4 Å². The Morgan fingerprint density at radius 3 is 2.46 bits per heavy atom. The van der Waals surface area contributed by atoms with Crippen LogP contribution in [0.5, 0.6) is 0 Å². The Bertz CT molecular complexity index is 304. The first kappa shape index (κ1) is 12.2. The van der Waals surface area contributed by atoms with Gasteiger partial charge in [-0.05, 0) is 11.6 Å². The van der Waals surface area contributed by atoms with Crippen molar-refractivity contribution in [3.8, 4) is 0 Å². The van der Waals surface area contributed by atoms with E-state index in [0.29, 0.717) is 10.6 Å². The summed E-state index contributed by atoms with van der Waals surface area (Å²) in [5, 5.41) is 8.96. The molecule has 0 bridgehead atoms. The van der Waals surface area contributed by atoms with Crippen molar-refractivity contribution in [3.63, 3.8) is 0 Å². The van der Waals surface area contributed by atoms with E-state index < -0.39 is 12.0 Å². The molecule has 0 aromatic heterocycles. The highest BCUT2D eigenvalue weighted by Crippen LogP contribution is 2.20. The number of hydrogen-bond donors (Lipinski definition) is 2. The maximum atomic E-state index is 10.5. The predicted molar refractivity (Wildman–Crippen MR) is 53.3 cm³/mol. The van der Waals surface area contributed by atoms with Gasteiger partial charge in [0, 0.05) is 5.02 Å². The summed E-state index contributed by atoms with van der Waals surface area (Å²) >= 11 is 5.72. The minimum atomic E-state index is -1.08. The van der Waals surface area contributed by atoms with Crippen LogP contribution in [-0.2, 0) is 4.79 Å². The maximum absolute atomic E-state index is 10.5. The Labute approximate surface area is 86.9 Å². The first-order valence-electron chi connectivity index (χ1n) is 3.35. The lowest BCUT2D eigenvalue weighted by Crippen LogP contribution is -2.20. The highest BCUT2D eigenvalue weighted by Gasteiger charge is 2.16. The number of rotatable bonds is 2. The first-order valence-corrected chi connectivity index (χ1v) is 3.73. The second-order valence-corrected chi connectivity index (χ2v) is 2.74. The van der Waals surface area contributed by atoms with Gasteiger partial charge >= 0.3 is 5.97 Å². The molecule has 13 heavy (non-hydrogen) atoms. The van der Waals surface area contributed by atoms with E-state index >= 15 is 0 Å². The van der Waals surface area contributed by atoms with Crippen molar-refractivity contribution >= 4 is 30.0 Å². The normalized spacial score (nSPS) is 11.5. The summed E-state index contributed by atoms with van der Waals surface area (Å²) < 4.78 is 0. The number of halogens is 2. The molecule has 0 spiro atoms. The van der Waals surface area contributed by atoms with Crippen molar-refractivity contribution < 1.29 is 9.90 Å². The summed E-state index contributed by atoms with van der Waals surface area (Å²) in [6.45, 7) is 0. The van der Waals surface area contributed by atoms with Gasteiger partial charge in [0.15, 0.2) is 0 Å². The van der Waals surface area contributed by atoms with Crippen LogP contribution in [-0.4, -0.2) is 11.1 Å². The molecule has 0 radical (unpaired) electrons. The average Bonchev–Trinajstić information content (AvgIpc) is 2.04. The minimum Gasteiger partial charge on any atom is -0.480 e. The molecule has 1 rings (SSSR count). The third-order valence-corrected chi connectivity index (χ3v) is 1.85. The number of carboxylic acid groups (broad SMARTS) is 1. The molecule has 0 aliphatic heterocycles. The van der Waals surface area contributed by atoms with Crippen LogP contribution in [0.2, 0.25) is 5.02 Å². The Hall–Kier alpha value is -0.770. The Kier molecular flexibility index (Phi) is 4.77. The molecular weight excluding hydrogens is 213 g/mol. The minimum absolute atomic E-state index is 0. The molecule has 1 aromatic rings. The van der Waals surface area contributed by atoms with E-state index in [1.165, 1.54) is 0 Å². The molecule has 3 N–H and O–H groups in total. The molecule has 0 aliphatic carbocycles. The summed E-state index contributed by atoms with van der Waals surface area (Å²) in [7, 11) is 0. The van der Waals surface area contributed by atoms with Gasteiger partial charge in [-0.3, -0.25) is 4.79 Å². The van der Waals surface area contributed by atoms with E-state index in [1.807, 2.05) is 0 Å². The molecule has 72 valence electrons. The number of nitrogens with two attached hydrogens (primary N) is 1. The lowest BCUT2D eigenvalue weighted by molar-refractivity contribution is -0.138. The predicted octanol–water partition coefficient (Wildman–Crippen LogP) is 1.85. The third-order valence-electron chi connectivity index (χ3n) is 1.51. The lowest BCUT2D eigenvalue weighted by atomic mass is 10.1. The fraction of sp³-hybridized carbons (Fsp3) is 0.125. The van der Waals surface area contributed by atoms with Gasteiger partial charge < -0.3 is 10.8 Å². The molecule has 0 saturated carbocycles. The zero-order chi connectivity index (χ0) is 9.14. The molecule has 0 saturated heterocycles. The van der Waals surface area contributed by atoms with Gasteiger partial charge in [-0.2, -0.15) is 0 Å². The van der Waals surface area contributed by atoms with Crippen molar-refractivity contribution in [3.05, 3.63) is 34.9 Å². The number of hydrogen-bond acceptors (Lipinski definition) is 2. The van der Waals surface area contributed by atoms with Crippen molar-refractivity contribution in [1.29, 1.82) is 0 Å². The molecule has 0 aliphatic rings. The molecule has 0 unspecified atom stereocenters. The van der Waals surface area contributed by atoms with Gasteiger partial charge in [-0.15, -0.1) is 12.4 Å². The van der Waals surface area contributed by atoms with Crippen LogP contribution < -0.4 is 5.73 Å². The maximum Gasteiger partial charge on any atom is 0.325 e. The van der Waals surface area contributed by atoms with E-state index in [2.05, 4.69) is 0 Å². The second-order valence-electron chi connectivity index (χ2n) is 2.34. The number of carboxylic acids is 1. The van der Waals surface area contributed by atoms with Gasteiger partial charge in [0.2, 0.25) is 0 Å². The average molecular weight is 222 g/mol. The van der Waals surface area contributed by atoms with Crippen LogP contribution in [0.4, 0.5) is 0 Å². The van der Waals surface area contributed by atoms with Crippen LogP contribution in [0.15, 0.2) is 24.3 Å². The third kappa shape index (κ3) is 2.88. The summed E-state index contributed by atoms with van der Waals surface area (Å²) in [5.74, 6) is -1.08. The van der Waals surface area contributed by atoms with Crippen LogP contribution in [0.1, 0.15) is 11.6 Å². The van der Waals surface area contributed by atoms with Gasteiger partial charge in [-0.25, -0.2) is 0 Å². The smallest absolute Gasteiger partial charge is 0.325 e. The molecule has 1 aromatic carbocycles. The topological polar surface area (TPSA) is 63.3 Å². The molecule has 1 atom stereocenters. The molecular formula is C8H9Cl2NO2. The zero-order valence-corrected chi connectivity index (χ0v) is 8.18. The van der Waals surface area contributed by atoms with E-state index in [1.54, 1.807) is 24.3 Å². The van der Waals surface area contributed by atoms with E-state index in [4.69, 9.17) is 22.4 Å². The number of aliphatic carboxylic acids is 1. The molecule has 0 amide bonds. The Morgan fingerprint density at radius 1 is 1.46 bits per heavy atom. The monoisotopic (exact) mass is 221 g/mol. The summed E-state index contributed by atoms with van der Waals surface area (Å²) in [6, 6.07) is 5.59. The highest BCUT2D eigenvalue weighted by molar-refractivity contribution is 6.31. The fourth-order valence-electron chi connectivity index (χ4n) is 0.860. The SMILES string of the molecule is Cl.N[C@@H](C(=O)O)c1ccccc1Cl. The summed E-state index contributed by atoms with van der Waals surface area (Å²) in [6.07, 6.45) is 0. The molecule has 5 heteroatoms. The fourth-order valence-corrected chi connectivity index (χ4v) is 1.11. The largest absolute Gasteiger partial charge is 0.480 e. The Morgan fingerprint density at radius 2 is 2.00 bits per heavy atom. The molecule has 0 heterocycles. The van der Waals surface area contributed by atoms with Crippen LogP contribution >= 0.6 is 24.0 Å². The quantitative estimate of drug-likeness (QED) is 0.802. The zero-order valence-electron chi connectivity index (χ0n) is 6.61. The lowest BCUT2D eigenvalue weighted by Gasteiger charge is -2.07. The van der Waals surface area contributed by atoms with Gasteiger partial charge in [-0.1, -0.05) is 29.8 Å². The summed E-state index contributed by atoms with van der Waals surface area (Å²) in [4.78, 5) is 10.5. The van der Waals surface area contributed by atoms with Crippen LogP contribution in [0.3, 0.4) is 0 Å².